The minimum atomic E-state index is 0.0154. The first-order chi connectivity index (χ1) is 10.0. The molecule has 0 aliphatic carbocycles. The van der Waals surface area contributed by atoms with E-state index in [1.165, 1.54) is 5.56 Å². The third-order valence-electron chi connectivity index (χ3n) is 3.28. The number of carbonyl (C=O) groups excluding carboxylic acids is 1. The summed E-state index contributed by atoms with van der Waals surface area (Å²) in [6.07, 6.45) is 6.16. The molecule has 4 nitrogen and oxygen atoms in total. The summed E-state index contributed by atoms with van der Waals surface area (Å²) in [7, 11) is 1.88. The zero-order chi connectivity index (χ0) is 15.2. The summed E-state index contributed by atoms with van der Waals surface area (Å²) in [4.78, 5) is 11.8. The maximum Gasteiger partial charge on any atom is 0.224 e. The molecule has 4 heteroatoms. The molecule has 21 heavy (non-hydrogen) atoms. The van der Waals surface area contributed by atoms with Crippen LogP contribution in [0.5, 0.6) is 0 Å². The summed E-state index contributed by atoms with van der Waals surface area (Å²) in [5.41, 5.74) is 4.34. The van der Waals surface area contributed by atoms with Gasteiger partial charge in [-0.25, -0.2) is 0 Å². The Morgan fingerprint density at radius 3 is 2.62 bits per heavy atom. The van der Waals surface area contributed by atoms with E-state index in [0.717, 1.165) is 16.8 Å². The highest BCUT2D eigenvalue weighted by Gasteiger charge is 2.04. The average Bonchev–Trinajstić information content (AvgIpc) is 2.77. The van der Waals surface area contributed by atoms with E-state index in [9.17, 15) is 4.79 Å². The molecule has 1 amide bonds. The van der Waals surface area contributed by atoms with Crippen LogP contribution in [0.3, 0.4) is 0 Å². The second-order valence-corrected chi connectivity index (χ2v) is 5.21. The van der Waals surface area contributed by atoms with Crippen LogP contribution in [0.15, 0.2) is 36.5 Å². The highest BCUT2D eigenvalue weighted by Crippen LogP contribution is 2.06. The Bertz CT molecular complexity index is 639. The molecule has 2 rings (SSSR count). The van der Waals surface area contributed by atoms with E-state index in [1.54, 1.807) is 4.68 Å². The van der Waals surface area contributed by atoms with Gasteiger partial charge in [0.15, 0.2) is 0 Å². The monoisotopic (exact) mass is 283 g/mol. The molecular formula is C17H21N3O. The largest absolute Gasteiger partial charge is 0.352 e. The molecule has 0 radical (unpaired) electrons. The van der Waals surface area contributed by atoms with Gasteiger partial charge in [0, 0.05) is 31.8 Å². The first-order valence-corrected chi connectivity index (χ1v) is 7.03. The minimum absolute atomic E-state index is 0.0154. The predicted molar refractivity (Wildman–Crippen MR) is 84.6 cm³/mol. The second kappa shape index (κ2) is 6.88. The number of aromatic nitrogens is 2. The van der Waals surface area contributed by atoms with Crippen LogP contribution in [0, 0.1) is 13.8 Å². The van der Waals surface area contributed by atoms with E-state index in [4.69, 9.17) is 0 Å². The van der Waals surface area contributed by atoms with Gasteiger partial charge in [-0.15, -0.1) is 0 Å². The first-order valence-electron chi connectivity index (χ1n) is 7.03. The summed E-state index contributed by atoms with van der Waals surface area (Å²) in [5, 5.41) is 7.15. The summed E-state index contributed by atoms with van der Waals surface area (Å²) < 4.78 is 1.76. The third-order valence-corrected chi connectivity index (χ3v) is 3.28. The number of hydrogen-bond donors (Lipinski definition) is 1. The van der Waals surface area contributed by atoms with Gasteiger partial charge >= 0.3 is 0 Å². The molecule has 0 bridgehead atoms. The van der Waals surface area contributed by atoms with Crippen molar-refractivity contribution in [3.8, 4) is 0 Å². The fourth-order valence-electron chi connectivity index (χ4n) is 2.07. The lowest BCUT2D eigenvalue weighted by Crippen LogP contribution is -2.21. The molecule has 1 aromatic heterocycles. The Morgan fingerprint density at radius 1 is 1.29 bits per heavy atom. The van der Waals surface area contributed by atoms with Crippen LogP contribution in [-0.4, -0.2) is 15.7 Å². The highest BCUT2D eigenvalue weighted by molar-refractivity contribution is 5.78. The number of nitrogens with one attached hydrogen (secondary N) is 1. The van der Waals surface area contributed by atoms with E-state index in [0.29, 0.717) is 13.0 Å². The van der Waals surface area contributed by atoms with Crippen molar-refractivity contribution in [2.45, 2.75) is 26.8 Å². The summed E-state index contributed by atoms with van der Waals surface area (Å²) >= 11 is 0. The van der Waals surface area contributed by atoms with E-state index >= 15 is 0 Å². The molecule has 2 aromatic rings. The highest BCUT2D eigenvalue weighted by atomic mass is 16.1. The van der Waals surface area contributed by atoms with Gasteiger partial charge in [0.25, 0.3) is 0 Å². The number of hydrogen-bond acceptors (Lipinski definition) is 2. The molecule has 0 fully saturated rings. The second-order valence-electron chi connectivity index (χ2n) is 5.21. The van der Waals surface area contributed by atoms with Crippen LogP contribution in [-0.2, 0) is 18.4 Å². The number of carbonyl (C=O) groups is 1. The molecule has 1 N–H and O–H groups in total. The van der Waals surface area contributed by atoms with Crippen molar-refractivity contribution in [2.24, 2.45) is 7.05 Å². The number of benzene rings is 1. The average molecular weight is 283 g/mol. The first kappa shape index (κ1) is 15.0. The van der Waals surface area contributed by atoms with Crippen molar-refractivity contribution < 1.29 is 4.79 Å². The van der Waals surface area contributed by atoms with Crippen LogP contribution in [0.1, 0.15) is 28.8 Å². The quantitative estimate of drug-likeness (QED) is 0.917. The fourth-order valence-corrected chi connectivity index (χ4v) is 2.07. The maximum absolute atomic E-state index is 11.8. The zero-order valence-electron chi connectivity index (χ0n) is 12.8. The van der Waals surface area contributed by atoms with Crippen molar-refractivity contribution in [3.05, 3.63) is 58.9 Å². The van der Waals surface area contributed by atoms with Gasteiger partial charge in [-0.2, -0.15) is 5.10 Å². The molecule has 0 aliphatic heterocycles. The minimum Gasteiger partial charge on any atom is -0.352 e. The Morgan fingerprint density at radius 2 is 2.00 bits per heavy atom. The van der Waals surface area contributed by atoms with Gasteiger partial charge in [-0.1, -0.05) is 42.0 Å². The van der Waals surface area contributed by atoms with E-state index < -0.39 is 0 Å². The van der Waals surface area contributed by atoms with Gasteiger partial charge < -0.3 is 5.32 Å². The lowest BCUT2D eigenvalue weighted by atomic mass is 10.1. The molecule has 0 atom stereocenters. The van der Waals surface area contributed by atoms with Crippen LogP contribution in [0.25, 0.3) is 6.08 Å². The van der Waals surface area contributed by atoms with Crippen molar-refractivity contribution in [2.75, 3.05) is 0 Å². The molecule has 0 spiro atoms. The summed E-state index contributed by atoms with van der Waals surface area (Å²) in [6.45, 7) is 4.52. The Hall–Kier alpha value is -2.36. The van der Waals surface area contributed by atoms with Crippen LogP contribution in [0.2, 0.25) is 0 Å². The van der Waals surface area contributed by atoms with E-state index in [-0.39, 0.29) is 5.91 Å². The van der Waals surface area contributed by atoms with Crippen LogP contribution < -0.4 is 5.32 Å². The maximum atomic E-state index is 11.8. The van der Waals surface area contributed by atoms with Gasteiger partial charge in [-0.05, 0) is 19.4 Å². The molecule has 0 unspecified atom stereocenters. The van der Waals surface area contributed by atoms with Gasteiger partial charge in [0.05, 0.1) is 5.69 Å². The normalized spacial score (nSPS) is 11.0. The van der Waals surface area contributed by atoms with E-state index in [1.807, 2.05) is 44.5 Å². The Kier molecular flexibility index (Phi) is 4.93. The number of aryl methyl sites for hydroxylation is 3. The molecule has 0 saturated heterocycles. The fraction of sp³-hybridized carbons (Fsp3) is 0.294. The SMILES string of the molecule is Cc1ccc(C=CCC(=O)NCc2cn(C)nc2C)cc1. The Balaban J connectivity index is 1.79. The molecule has 1 aromatic carbocycles. The van der Waals surface area contributed by atoms with Gasteiger partial charge in [-0.3, -0.25) is 9.48 Å². The summed E-state index contributed by atoms with van der Waals surface area (Å²) in [6, 6.07) is 8.21. The van der Waals surface area contributed by atoms with Crippen molar-refractivity contribution in [3.63, 3.8) is 0 Å². The van der Waals surface area contributed by atoms with Crippen LogP contribution >= 0.6 is 0 Å². The molecule has 110 valence electrons. The van der Waals surface area contributed by atoms with Crippen LogP contribution in [0.4, 0.5) is 0 Å². The van der Waals surface area contributed by atoms with Crippen molar-refractivity contribution in [1.29, 1.82) is 0 Å². The standard InChI is InChI=1S/C17H21N3O/c1-13-7-9-15(10-8-13)5-4-6-17(21)18-11-16-12-20(3)19-14(16)2/h4-5,7-10,12H,6,11H2,1-3H3,(H,18,21). The van der Waals surface area contributed by atoms with Gasteiger partial charge in [0.2, 0.25) is 5.91 Å². The number of rotatable bonds is 5. The molecular weight excluding hydrogens is 262 g/mol. The lowest BCUT2D eigenvalue weighted by molar-refractivity contribution is -0.120. The predicted octanol–water partition coefficient (Wildman–Crippen LogP) is 2.76. The Labute approximate surface area is 125 Å². The molecule has 1 heterocycles. The van der Waals surface area contributed by atoms with Gasteiger partial charge in [0.1, 0.15) is 0 Å². The van der Waals surface area contributed by atoms with E-state index in [2.05, 4.69) is 29.5 Å². The third kappa shape index (κ3) is 4.60. The van der Waals surface area contributed by atoms with Crippen molar-refractivity contribution in [1.82, 2.24) is 15.1 Å². The zero-order valence-corrected chi connectivity index (χ0v) is 12.8. The number of nitrogens with zero attached hydrogens (tertiary/aromatic N) is 2. The molecule has 0 saturated carbocycles. The summed E-state index contributed by atoms with van der Waals surface area (Å²) in [5.74, 6) is 0.0154. The number of amides is 1. The lowest BCUT2D eigenvalue weighted by Gasteiger charge is -2.02. The smallest absolute Gasteiger partial charge is 0.224 e. The van der Waals surface area contributed by atoms with Crippen molar-refractivity contribution >= 4 is 12.0 Å². The topological polar surface area (TPSA) is 46.9 Å². The molecule has 0 aliphatic rings.